The van der Waals surface area contributed by atoms with E-state index >= 15 is 0 Å². The summed E-state index contributed by atoms with van der Waals surface area (Å²) in [4.78, 5) is 28.8. The molecule has 1 saturated heterocycles. The molecule has 0 radical (unpaired) electrons. The Morgan fingerprint density at radius 3 is 2.38 bits per heavy atom. The maximum atomic E-state index is 12.2. The van der Waals surface area contributed by atoms with Crippen LogP contribution < -0.4 is 14.4 Å². The molecule has 0 saturated carbocycles. The molecule has 1 fully saturated rings. The molecule has 0 aliphatic carbocycles. The molecule has 2 N–H and O–H groups in total. The number of aromatic nitrogens is 3. The van der Waals surface area contributed by atoms with E-state index in [0.29, 0.717) is 6.42 Å². The number of H-pyrrole nitrogens is 1. The zero-order valence-corrected chi connectivity index (χ0v) is 23.2. The third-order valence-corrected chi connectivity index (χ3v) is 8.50. The van der Waals surface area contributed by atoms with E-state index in [2.05, 4.69) is 24.8 Å². The predicted octanol–water partition coefficient (Wildman–Crippen LogP) is 3.15. The van der Waals surface area contributed by atoms with Gasteiger partial charge in [0.15, 0.2) is 0 Å². The summed E-state index contributed by atoms with van der Waals surface area (Å²) in [7, 11) is -2.21. The number of anilines is 1. The van der Waals surface area contributed by atoms with Crippen molar-refractivity contribution in [2.24, 2.45) is 0 Å². The van der Waals surface area contributed by atoms with Crippen LogP contribution in [0.5, 0.6) is 5.75 Å². The van der Waals surface area contributed by atoms with Crippen LogP contribution >= 0.6 is 12.2 Å². The Kier molecular flexibility index (Phi) is 7.49. The number of nitrogens with zero attached hydrogens (tertiary/aromatic N) is 4. The number of piperazine rings is 1. The molecule has 39 heavy (non-hydrogen) atoms. The maximum Gasteiger partial charge on any atom is 0.264 e. The van der Waals surface area contributed by atoms with Gasteiger partial charge in [0.2, 0.25) is 5.91 Å². The Bertz CT molecular complexity index is 1610. The van der Waals surface area contributed by atoms with Crippen molar-refractivity contribution in [3.63, 3.8) is 0 Å². The van der Waals surface area contributed by atoms with Gasteiger partial charge in [-0.05, 0) is 35.4 Å². The first-order valence-corrected chi connectivity index (χ1v) is 14.3. The number of sulfonamides is 1. The number of aromatic amines is 1. The molecular weight excluding hydrogens is 536 g/mol. The fraction of sp³-hybridized carbons (Fsp3) is 0.259. The van der Waals surface area contributed by atoms with Gasteiger partial charge in [-0.3, -0.25) is 4.79 Å². The van der Waals surface area contributed by atoms with Gasteiger partial charge in [0.25, 0.3) is 10.0 Å². The minimum Gasteiger partial charge on any atom is -0.497 e. The highest BCUT2D eigenvalue weighted by atomic mass is 32.2. The van der Waals surface area contributed by atoms with E-state index in [1.54, 1.807) is 25.6 Å². The first kappa shape index (κ1) is 26.6. The summed E-state index contributed by atoms with van der Waals surface area (Å²) in [6.07, 6.45) is 4.06. The molecule has 1 aliphatic heterocycles. The number of hydrogen-bond acceptors (Lipinski definition) is 8. The zero-order valence-electron chi connectivity index (χ0n) is 21.5. The number of amides is 1. The van der Waals surface area contributed by atoms with Gasteiger partial charge in [-0.2, -0.15) is 0 Å². The van der Waals surface area contributed by atoms with Crippen LogP contribution in [0.3, 0.4) is 0 Å². The molecule has 10 nitrogen and oxygen atoms in total. The van der Waals surface area contributed by atoms with Gasteiger partial charge in [0.1, 0.15) is 23.5 Å². The van der Waals surface area contributed by atoms with Gasteiger partial charge in [-0.1, -0.05) is 36.5 Å². The van der Waals surface area contributed by atoms with Gasteiger partial charge >= 0.3 is 0 Å². The number of thiocarbonyl (C=S) groups is 1. The predicted molar refractivity (Wildman–Crippen MR) is 153 cm³/mol. The summed E-state index contributed by atoms with van der Waals surface area (Å²) >= 11 is 5.73. The van der Waals surface area contributed by atoms with E-state index in [9.17, 15) is 13.2 Å². The van der Waals surface area contributed by atoms with E-state index in [0.717, 1.165) is 77.4 Å². The van der Waals surface area contributed by atoms with E-state index in [4.69, 9.17) is 17.0 Å². The van der Waals surface area contributed by atoms with Crippen molar-refractivity contribution in [2.45, 2.75) is 18.2 Å². The number of rotatable bonds is 7. The number of methoxy groups -OCH3 is 1. The van der Waals surface area contributed by atoms with Crippen LogP contribution in [0, 0.1) is 0 Å². The Hall–Kier alpha value is -4.03. The van der Waals surface area contributed by atoms with Crippen molar-refractivity contribution in [3.8, 4) is 16.9 Å². The highest BCUT2D eigenvalue weighted by Gasteiger charge is 2.24. The fourth-order valence-corrected chi connectivity index (χ4v) is 6.01. The van der Waals surface area contributed by atoms with Crippen molar-refractivity contribution in [3.05, 3.63) is 66.6 Å². The Balaban J connectivity index is 1.26. The zero-order chi connectivity index (χ0) is 27.6. The first-order valence-electron chi connectivity index (χ1n) is 12.4. The summed E-state index contributed by atoms with van der Waals surface area (Å²) in [6, 6.07) is 14.3. The lowest BCUT2D eigenvalue weighted by Crippen LogP contribution is -2.49. The molecular formula is C27H28N6O4S2. The molecule has 12 heteroatoms. The molecule has 5 rings (SSSR count). The van der Waals surface area contributed by atoms with Crippen LogP contribution in [0.2, 0.25) is 0 Å². The lowest BCUT2D eigenvalue weighted by molar-refractivity contribution is -0.117. The monoisotopic (exact) mass is 564 g/mol. The summed E-state index contributed by atoms with van der Waals surface area (Å²) in [5, 5.41) is 0.980. The third kappa shape index (κ3) is 5.71. The normalized spacial score (nSPS) is 13.9. The fourth-order valence-electron chi connectivity index (χ4n) is 4.67. The van der Waals surface area contributed by atoms with Gasteiger partial charge in [0, 0.05) is 51.3 Å². The van der Waals surface area contributed by atoms with E-state index in [-0.39, 0.29) is 4.90 Å². The quantitative estimate of drug-likeness (QED) is 0.326. The first-order chi connectivity index (χ1) is 18.7. The van der Waals surface area contributed by atoms with Gasteiger partial charge < -0.3 is 19.5 Å². The molecule has 2 aromatic heterocycles. The summed E-state index contributed by atoms with van der Waals surface area (Å²) in [6.45, 7) is 4.12. The smallest absolute Gasteiger partial charge is 0.264 e. The van der Waals surface area contributed by atoms with Gasteiger partial charge in [-0.25, -0.2) is 23.1 Å². The van der Waals surface area contributed by atoms with Crippen LogP contribution in [0.15, 0.2) is 66.0 Å². The lowest BCUT2D eigenvalue weighted by atomic mass is 10.1. The number of fused-ring (bicyclic) bond motifs is 1. The van der Waals surface area contributed by atoms with Crippen LogP contribution in [0.1, 0.15) is 12.5 Å². The molecule has 2 aromatic carbocycles. The molecule has 0 unspecified atom stereocenters. The van der Waals surface area contributed by atoms with Gasteiger partial charge in [0.05, 0.1) is 22.4 Å². The van der Waals surface area contributed by atoms with Crippen LogP contribution in [0.25, 0.3) is 22.2 Å². The molecule has 0 atom stereocenters. The van der Waals surface area contributed by atoms with Crippen molar-refractivity contribution >= 4 is 50.0 Å². The van der Waals surface area contributed by atoms with Crippen LogP contribution in [0.4, 0.5) is 5.82 Å². The highest BCUT2D eigenvalue weighted by molar-refractivity contribution is 7.90. The largest absolute Gasteiger partial charge is 0.497 e. The van der Waals surface area contributed by atoms with Gasteiger partial charge in [-0.15, -0.1) is 0 Å². The topological polar surface area (TPSA) is 121 Å². The summed E-state index contributed by atoms with van der Waals surface area (Å²) in [5.41, 5.74) is 3.77. The molecule has 0 spiro atoms. The maximum absolute atomic E-state index is 12.2. The lowest BCUT2D eigenvalue weighted by Gasteiger charge is -2.37. The number of benzene rings is 2. The molecule has 1 amide bonds. The molecule has 1 aliphatic rings. The van der Waals surface area contributed by atoms with E-state index in [1.165, 1.54) is 12.1 Å². The standard InChI is InChI=1S/C27H28N6O4S2/c1-18(34)31-39(35,36)22-9-3-19(4-10-22)15-24(38)32-11-13-33(14-12-32)27-25-23(16-28-26(25)29-17-30-27)20-5-7-21(37-2)8-6-20/h3-10,16-17H,11-15H2,1-2H3,(H,31,34)(H,28,29,30). The second kappa shape index (κ2) is 11.0. The van der Waals surface area contributed by atoms with Crippen LogP contribution in [-0.2, 0) is 21.2 Å². The molecule has 3 heterocycles. The number of carbonyl (C=O) groups excluding carboxylic acids is 1. The van der Waals surface area contributed by atoms with Crippen molar-refractivity contribution in [1.82, 2.24) is 24.6 Å². The van der Waals surface area contributed by atoms with Crippen LogP contribution in [-0.4, -0.2) is 72.5 Å². The van der Waals surface area contributed by atoms with Crippen molar-refractivity contribution in [1.29, 1.82) is 0 Å². The van der Waals surface area contributed by atoms with E-state index in [1.807, 2.05) is 35.2 Å². The summed E-state index contributed by atoms with van der Waals surface area (Å²) < 4.78 is 31.6. The third-order valence-electron chi connectivity index (χ3n) is 6.65. The Morgan fingerprint density at radius 1 is 1.05 bits per heavy atom. The summed E-state index contributed by atoms with van der Waals surface area (Å²) in [5.74, 6) is 1.05. The Labute approximate surface area is 232 Å². The SMILES string of the molecule is COc1ccc(-c2c[nH]c3ncnc(N4CCN(C(=S)Cc5ccc(S(=O)(=O)NC(C)=O)cc5)CC4)c23)cc1. The second-order valence-electron chi connectivity index (χ2n) is 9.20. The van der Waals surface area contributed by atoms with Crippen molar-refractivity contribution < 1.29 is 17.9 Å². The number of hydrogen-bond donors (Lipinski definition) is 2. The number of ether oxygens (including phenoxy) is 1. The average Bonchev–Trinajstić information content (AvgIpc) is 3.37. The minimum absolute atomic E-state index is 0.0379. The number of nitrogens with one attached hydrogen (secondary N) is 2. The molecule has 0 bridgehead atoms. The minimum atomic E-state index is -3.86. The second-order valence-corrected chi connectivity index (χ2v) is 11.4. The van der Waals surface area contributed by atoms with E-state index < -0.39 is 15.9 Å². The average molecular weight is 565 g/mol. The highest BCUT2D eigenvalue weighted by Crippen LogP contribution is 2.34. The van der Waals surface area contributed by atoms with Crippen molar-refractivity contribution in [2.75, 3.05) is 38.2 Å². The Morgan fingerprint density at radius 2 is 1.74 bits per heavy atom. The molecule has 202 valence electrons. The molecule has 4 aromatic rings. The number of carbonyl (C=O) groups is 1.